The van der Waals surface area contributed by atoms with Gasteiger partial charge in [-0.15, -0.1) is 0 Å². The molecule has 1 aromatic heterocycles. The first-order valence-corrected chi connectivity index (χ1v) is 14.0. The molecule has 0 fully saturated rings. The van der Waals surface area contributed by atoms with Crippen molar-refractivity contribution in [3.63, 3.8) is 0 Å². The van der Waals surface area contributed by atoms with Crippen molar-refractivity contribution in [1.29, 1.82) is 5.26 Å². The van der Waals surface area contributed by atoms with Gasteiger partial charge in [-0.25, -0.2) is 0 Å². The van der Waals surface area contributed by atoms with E-state index in [1.54, 1.807) is 19.1 Å². The van der Waals surface area contributed by atoms with Crippen molar-refractivity contribution >= 4 is 35.0 Å². The van der Waals surface area contributed by atoms with E-state index in [-0.39, 0.29) is 17.6 Å². The molecule has 7 nitrogen and oxygen atoms in total. The number of nitrogens with zero attached hydrogens (tertiary/aromatic N) is 1. The Balaban J connectivity index is 1.61. The molecular formula is C32H34N4O3S. The molecule has 2 aromatic carbocycles. The second kappa shape index (κ2) is 11.9. The predicted molar refractivity (Wildman–Crippen MR) is 161 cm³/mol. The summed E-state index contributed by atoms with van der Waals surface area (Å²) in [4.78, 5) is 26.7. The van der Waals surface area contributed by atoms with E-state index in [0.717, 1.165) is 44.8 Å². The SMILES string of the molecule is CC1=C(C(=O)Nc2c(C)cc(C)cc2C)C(c2ccco2)C(C#N)=C(SCC(=O)Nc2c(C)cc(C)cc2C)N1. The zero-order chi connectivity index (χ0) is 29.1. The molecule has 0 bridgehead atoms. The molecule has 0 spiro atoms. The number of allylic oxidation sites excluding steroid dienone is 2. The Kier molecular flexibility index (Phi) is 8.55. The molecule has 2 amide bonds. The van der Waals surface area contributed by atoms with Crippen LogP contribution in [0.25, 0.3) is 0 Å². The molecule has 3 aromatic rings. The number of aryl methyl sites for hydroxylation is 6. The smallest absolute Gasteiger partial charge is 0.254 e. The summed E-state index contributed by atoms with van der Waals surface area (Å²) in [5, 5.41) is 20.1. The van der Waals surface area contributed by atoms with Crippen LogP contribution in [0.1, 0.15) is 52.0 Å². The summed E-state index contributed by atoms with van der Waals surface area (Å²) in [6, 6.07) is 13.9. The predicted octanol–water partition coefficient (Wildman–Crippen LogP) is 6.84. The number of furan rings is 1. The minimum Gasteiger partial charge on any atom is -0.468 e. The number of thioether (sulfide) groups is 1. The first-order valence-electron chi connectivity index (χ1n) is 13.0. The van der Waals surface area contributed by atoms with E-state index in [4.69, 9.17) is 4.42 Å². The number of hydrogen-bond acceptors (Lipinski definition) is 6. The van der Waals surface area contributed by atoms with Gasteiger partial charge in [-0.2, -0.15) is 5.26 Å². The number of anilines is 2. The number of dihydropyridines is 1. The Morgan fingerprint density at radius 3 is 1.98 bits per heavy atom. The maximum absolute atomic E-state index is 13.7. The Labute approximate surface area is 239 Å². The maximum atomic E-state index is 13.7. The molecule has 1 unspecified atom stereocenters. The van der Waals surface area contributed by atoms with Gasteiger partial charge in [0.05, 0.1) is 40.2 Å². The van der Waals surface area contributed by atoms with Gasteiger partial charge in [0.25, 0.3) is 5.91 Å². The average molecular weight is 555 g/mol. The molecule has 0 radical (unpaired) electrons. The molecule has 1 atom stereocenters. The highest BCUT2D eigenvalue weighted by molar-refractivity contribution is 8.03. The van der Waals surface area contributed by atoms with Crippen molar-refractivity contribution in [3.8, 4) is 6.07 Å². The lowest BCUT2D eigenvalue weighted by Gasteiger charge is -2.28. The van der Waals surface area contributed by atoms with E-state index in [1.807, 2.05) is 65.8 Å². The van der Waals surface area contributed by atoms with Crippen LogP contribution < -0.4 is 16.0 Å². The topological polar surface area (TPSA) is 107 Å². The quantitative estimate of drug-likeness (QED) is 0.295. The third-order valence-electron chi connectivity index (χ3n) is 6.92. The monoisotopic (exact) mass is 554 g/mol. The van der Waals surface area contributed by atoms with E-state index in [0.29, 0.717) is 27.6 Å². The number of hydrogen-bond donors (Lipinski definition) is 3. The molecule has 0 aliphatic carbocycles. The van der Waals surface area contributed by atoms with Crippen molar-refractivity contribution in [2.45, 2.75) is 54.4 Å². The van der Waals surface area contributed by atoms with Crippen LogP contribution in [-0.2, 0) is 9.59 Å². The highest BCUT2D eigenvalue weighted by Gasteiger charge is 2.36. The normalized spacial score (nSPS) is 15.0. The first-order chi connectivity index (χ1) is 19.0. The molecule has 2 heterocycles. The second-order valence-corrected chi connectivity index (χ2v) is 11.3. The van der Waals surface area contributed by atoms with E-state index < -0.39 is 5.92 Å². The number of amides is 2. The minimum atomic E-state index is -0.723. The Morgan fingerprint density at radius 2 is 1.48 bits per heavy atom. The molecule has 0 saturated heterocycles. The van der Waals surface area contributed by atoms with Gasteiger partial charge in [0.15, 0.2) is 0 Å². The van der Waals surface area contributed by atoms with Crippen LogP contribution in [0.5, 0.6) is 0 Å². The molecule has 0 saturated carbocycles. The minimum absolute atomic E-state index is 0.0850. The molecule has 1 aliphatic heterocycles. The number of carbonyl (C=O) groups is 2. The lowest BCUT2D eigenvalue weighted by molar-refractivity contribution is -0.114. The molecular weight excluding hydrogens is 520 g/mol. The largest absolute Gasteiger partial charge is 0.468 e. The Morgan fingerprint density at radius 1 is 0.925 bits per heavy atom. The van der Waals surface area contributed by atoms with Crippen LogP contribution in [0, 0.1) is 52.9 Å². The van der Waals surface area contributed by atoms with Crippen LogP contribution in [0.3, 0.4) is 0 Å². The van der Waals surface area contributed by atoms with Gasteiger partial charge >= 0.3 is 0 Å². The molecule has 8 heteroatoms. The summed E-state index contributed by atoms with van der Waals surface area (Å²) in [5.41, 5.74) is 9.01. The summed E-state index contributed by atoms with van der Waals surface area (Å²) >= 11 is 1.23. The zero-order valence-corrected chi connectivity index (χ0v) is 24.7. The van der Waals surface area contributed by atoms with Gasteiger partial charge in [0.2, 0.25) is 5.91 Å². The zero-order valence-electron chi connectivity index (χ0n) is 23.9. The average Bonchev–Trinajstić information content (AvgIpc) is 3.41. The van der Waals surface area contributed by atoms with Crippen molar-refractivity contribution in [1.82, 2.24) is 5.32 Å². The van der Waals surface area contributed by atoms with Crippen molar-refractivity contribution in [3.05, 3.63) is 104 Å². The van der Waals surface area contributed by atoms with Crippen LogP contribution in [0.4, 0.5) is 11.4 Å². The van der Waals surface area contributed by atoms with Crippen LogP contribution in [-0.4, -0.2) is 17.6 Å². The third kappa shape index (κ3) is 6.00. The number of benzene rings is 2. The van der Waals surface area contributed by atoms with Gasteiger partial charge in [-0.05, 0) is 82.9 Å². The third-order valence-corrected chi connectivity index (χ3v) is 7.94. The fourth-order valence-electron chi connectivity index (χ4n) is 5.32. The van der Waals surface area contributed by atoms with E-state index >= 15 is 0 Å². The van der Waals surface area contributed by atoms with Gasteiger partial charge in [-0.1, -0.05) is 47.2 Å². The Bertz CT molecular complexity index is 1550. The lowest BCUT2D eigenvalue weighted by atomic mass is 9.85. The number of rotatable bonds is 7. The lowest BCUT2D eigenvalue weighted by Crippen LogP contribution is -2.31. The molecule has 3 N–H and O–H groups in total. The fourth-order valence-corrected chi connectivity index (χ4v) is 6.21. The highest BCUT2D eigenvalue weighted by Crippen LogP contribution is 2.41. The molecule has 1 aliphatic rings. The van der Waals surface area contributed by atoms with E-state index in [9.17, 15) is 14.9 Å². The van der Waals surface area contributed by atoms with Gasteiger partial charge in [0.1, 0.15) is 5.76 Å². The van der Waals surface area contributed by atoms with Crippen LogP contribution >= 0.6 is 11.8 Å². The summed E-state index contributed by atoms with van der Waals surface area (Å²) in [5.74, 6) is -0.660. The maximum Gasteiger partial charge on any atom is 0.254 e. The second-order valence-electron chi connectivity index (χ2n) is 10.3. The van der Waals surface area contributed by atoms with E-state index in [2.05, 4.69) is 22.0 Å². The number of nitrogens with one attached hydrogen (secondary N) is 3. The molecule has 4 rings (SSSR count). The highest BCUT2D eigenvalue weighted by atomic mass is 32.2. The van der Waals surface area contributed by atoms with Gasteiger partial charge in [-0.3, -0.25) is 9.59 Å². The van der Waals surface area contributed by atoms with Crippen LogP contribution in [0.15, 0.2) is 69.0 Å². The standard InChI is InChI=1S/C32H34N4O3S/c1-17-11-19(3)29(20(4)12-17)35-26(37)16-40-32-24(15-33)28(25-9-8-10-39-25)27(23(7)34-32)31(38)36-30-21(5)13-18(2)14-22(30)6/h8-14,28,34H,16H2,1-7H3,(H,35,37)(H,36,38). The number of carbonyl (C=O) groups excluding carboxylic acids is 2. The van der Waals surface area contributed by atoms with Crippen molar-refractivity contribution in [2.75, 3.05) is 16.4 Å². The molecule has 206 valence electrons. The van der Waals surface area contributed by atoms with Crippen molar-refractivity contribution in [2.24, 2.45) is 0 Å². The summed E-state index contributed by atoms with van der Waals surface area (Å²) in [6.07, 6.45) is 1.53. The summed E-state index contributed by atoms with van der Waals surface area (Å²) in [7, 11) is 0. The molecule has 40 heavy (non-hydrogen) atoms. The summed E-state index contributed by atoms with van der Waals surface area (Å²) in [6.45, 7) is 13.7. The van der Waals surface area contributed by atoms with Crippen LogP contribution in [0.2, 0.25) is 0 Å². The fraction of sp³-hybridized carbons (Fsp3) is 0.281. The summed E-state index contributed by atoms with van der Waals surface area (Å²) < 4.78 is 5.72. The Hall–Kier alpha value is -4.22. The van der Waals surface area contributed by atoms with Gasteiger partial charge in [0, 0.05) is 17.1 Å². The van der Waals surface area contributed by atoms with Gasteiger partial charge < -0.3 is 20.4 Å². The number of nitriles is 1. The van der Waals surface area contributed by atoms with E-state index in [1.165, 1.54) is 18.0 Å². The first kappa shape index (κ1) is 28.8. The van der Waals surface area contributed by atoms with Crippen molar-refractivity contribution < 1.29 is 14.0 Å².